The van der Waals surface area contributed by atoms with Gasteiger partial charge in [0.2, 0.25) is 0 Å². The lowest BCUT2D eigenvalue weighted by Crippen LogP contribution is -1.98. The summed E-state index contributed by atoms with van der Waals surface area (Å²) in [6.07, 6.45) is 9.80. The van der Waals surface area contributed by atoms with Crippen molar-refractivity contribution < 1.29 is 0 Å². The Bertz CT molecular complexity index is 361. The summed E-state index contributed by atoms with van der Waals surface area (Å²) < 4.78 is 0. The van der Waals surface area contributed by atoms with Gasteiger partial charge in [-0.05, 0) is 24.6 Å². The van der Waals surface area contributed by atoms with Gasteiger partial charge in [-0.15, -0.1) is 0 Å². The van der Waals surface area contributed by atoms with E-state index in [4.69, 9.17) is 0 Å². The number of pyridine rings is 1. The molecule has 0 amide bonds. The summed E-state index contributed by atoms with van der Waals surface area (Å²) >= 11 is 0. The van der Waals surface area contributed by atoms with Crippen LogP contribution in [0.1, 0.15) is 53.2 Å². The van der Waals surface area contributed by atoms with E-state index in [-0.39, 0.29) is 0 Å². The standard InChI is InChI=1S/C14H17N.2C2H6/c1-4-8-13(9-5-2)12(3)14-10-6-7-11-15-14;2*1-2/h4-12H,1H2,2-3H3;2*1-2H3/b9-5-,13-8+;;. The lowest BCUT2D eigenvalue weighted by molar-refractivity contribution is 0.870. The molecule has 106 valence electrons. The van der Waals surface area contributed by atoms with E-state index in [2.05, 4.69) is 24.6 Å². The minimum atomic E-state index is 0.306. The van der Waals surface area contributed by atoms with Crippen molar-refractivity contribution in [3.05, 3.63) is 66.5 Å². The molecule has 1 rings (SSSR count). The summed E-state index contributed by atoms with van der Waals surface area (Å²) in [4.78, 5) is 4.36. The molecule has 1 aromatic rings. The first-order valence-corrected chi connectivity index (χ1v) is 7.15. The second kappa shape index (κ2) is 14.4. The maximum absolute atomic E-state index is 4.36. The highest BCUT2D eigenvalue weighted by molar-refractivity contribution is 5.32. The number of rotatable bonds is 4. The van der Waals surface area contributed by atoms with Gasteiger partial charge in [-0.3, -0.25) is 4.98 Å². The Morgan fingerprint density at radius 1 is 1.21 bits per heavy atom. The third-order valence-corrected chi connectivity index (χ3v) is 2.30. The van der Waals surface area contributed by atoms with Crippen molar-refractivity contribution in [1.82, 2.24) is 4.98 Å². The van der Waals surface area contributed by atoms with Crippen LogP contribution in [-0.2, 0) is 0 Å². The third kappa shape index (κ3) is 8.15. The number of allylic oxidation sites excluding steroid dienone is 5. The Morgan fingerprint density at radius 2 is 1.84 bits per heavy atom. The van der Waals surface area contributed by atoms with Gasteiger partial charge in [-0.2, -0.15) is 0 Å². The highest BCUT2D eigenvalue weighted by Crippen LogP contribution is 2.22. The molecule has 0 saturated carbocycles. The number of hydrogen-bond donors (Lipinski definition) is 0. The summed E-state index contributed by atoms with van der Waals surface area (Å²) in [5.41, 5.74) is 2.31. The van der Waals surface area contributed by atoms with Crippen LogP contribution in [0.4, 0.5) is 0 Å². The summed E-state index contributed by atoms with van der Waals surface area (Å²) in [5.74, 6) is 0.306. The van der Waals surface area contributed by atoms with Crippen LogP contribution in [0.5, 0.6) is 0 Å². The van der Waals surface area contributed by atoms with E-state index < -0.39 is 0 Å². The molecule has 0 bridgehead atoms. The van der Waals surface area contributed by atoms with Crippen molar-refractivity contribution in [2.24, 2.45) is 0 Å². The van der Waals surface area contributed by atoms with Crippen molar-refractivity contribution in [2.45, 2.75) is 47.5 Å². The van der Waals surface area contributed by atoms with Gasteiger partial charge < -0.3 is 0 Å². The predicted octanol–water partition coefficient (Wildman–Crippen LogP) is 5.93. The third-order valence-electron chi connectivity index (χ3n) is 2.30. The van der Waals surface area contributed by atoms with Crippen LogP contribution in [0, 0.1) is 0 Å². The lowest BCUT2D eigenvalue weighted by atomic mass is 9.96. The highest BCUT2D eigenvalue weighted by atomic mass is 14.7. The number of nitrogens with zero attached hydrogens (tertiary/aromatic N) is 1. The molecule has 0 fully saturated rings. The maximum Gasteiger partial charge on any atom is 0.0475 e. The van der Waals surface area contributed by atoms with Gasteiger partial charge in [0.25, 0.3) is 0 Å². The van der Waals surface area contributed by atoms with E-state index in [1.807, 2.05) is 77.2 Å². The zero-order valence-electron chi connectivity index (χ0n) is 13.4. The fraction of sp³-hybridized carbons (Fsp3) is 0.389. The molecular weight excluding hydrogens is 230 g/mol. The first-order valence-electron chi connectivity index (χ1n) is 7.15. The van der Waals surface area contributed by atoms with E-state index in [0.717, 1.165) is 5.69 Å². The van der Waals surface area contributed by atoms with Gasteiger partial charge in [0.05, 0.1) is 0 Å². The SMILES string of the molecule is C=C/C=C(\C=C/C)C(C)c1ccccn1.CC.CC. The van der Waals surface area contributed by atoms with E-state index in [0.29, 0.717) is 5.92 Å². The average Bonchev–Trinajstić information content (AvgIpc) is 2.51. The fourth-order valence-electron chi connectivity index (χ4n) is 1.48. The molecule has 0 aromatic carbocycles. The largest absolute Gasteiger partial charge is 0.261 e. The molecule has 0 spiro atoms. The Labute approximate surface area is 119 Å². The van der Waals surface area contributed by atoms with Gasteiger partial charge in [0.15, 0.2) is 0 Å². The average molecular weight is 259 g/mol. The molecule has 0 saturated heterocycles. The second-order valence-corrected chi connectivity index (χ2v) is 3.38. The quantitative estimate of drug-likeness (QED) is 0.611. The summed E-state index contributed by atoms with van der Waals surface area (Å²) in [6, 6.07) is 5.99. The minimum absolute atomic E-state index is 0.306. The van der Waals surface area contributed by atoms with Crippen LogP contribution in [-0.4, -0.2) is 4.98 Å². The fourth-order valence-corrected chi connectivity index (χ4v) is 1.48. The van der Waals surface area contributed by atoms with Crippen molar-refractivity contribution in [1.29, 1.82) is 0 Å². The molecule has 1 aromatic heterocycles. The molecule has 1 heterocycles. The highest BCUT2D eigenvalue weighted by Gasteiger charge is 2.08. The molecule has 1 unspecified atom stereocenters. The van der Waals surface area contributed by atoms with Gasteiger partial charge in [-0.25, -0.2) is 0 Å². The molecule has 0 aliphatic rings. The second-order valence-electron chi connectivity index (χ2n) is 3.38. The molecule has 0 N–H and O–H groups in total. The summed E-state index contributed by atoms with van der Waals surface area (Å²) in [5, 5.41) is 0. The van der Waals surface area contributed by atoms with E-state index >= 15 is 0 Å². The molecule has 1 nitrogen and oxygen atoms in total. The molecule has 0 aliphatic heterocycles. The minimum Gasteiger partial charge on any atom is -0.261 e. The first-order chi connectivity index (χ1) is 9.29. The van der Waals surface area contributed by atoms with Crippen molar-refractivity contribution in [2.75, 3.05) is 0 Å². The lowest BCUT2D eigenvalue weighted by Gasteiger charge is -2.11. The molecule has 1 atom stereocenters. The number of hydrogen-bond acceptors (Lipinski definition) is 1. The van der Waals surface area contributed by atoms with E-state index in [9.17, 15) is 0 Å². The molecular formula is C18H29N. The van der Waals surface area contributed by atoms with Crippen LogP contribution in [0.2, 0.25) is 0 Å². The first kappa shape index (κ1) is 19.7. The molecule has 19 heavy (non-hydrogen) atoms. The van der Waals surface area contributed by atoms with Crippen molar-refractivity contribution in [3.63, 3.8) is 0 Å². The summed E-state index contributed by atoms with van der Waals surface area (Å²) in [6.45, 7) is 15.9. The Kier molecular flexibility index (Phi) is 15.0. The Morgan fingerprint density at radius 3 is 2.26 bits per heavy atom. The van der Waals surface area contributed by atoms with Crippen molar-refractivity contribution >= 4 is 0 Å². The van der Waals surface area contributed by atoms with Crippen LogP contribution in [0.25, 0.3) is 0 Å². The Balaban J connectivity index is 0. The number of aromatic nitrogens is 1. The van der Waals surface area contributed by atoms with Crippen LogP contribution < -0.4 is 0 Å². The normalized spacial score (nSPS) is 11.8. The maximum atomic E-state index is 4.36. The molecule has 0 aliphatic carbocycles. The topological polar surface area (TPSA) is 12.9 Å². The zero-order valence-corrected chi connectivity index (χ0v) is 13.4. The Hall–Kier alpha value is -1.63. The molecule has 1 heteroatoms. The van der Waals surface area contributed by atoms with Gasteiger partial charge in [-0.1, -0.05) is 71.6 Å². The smallest absolute Gasteiger partial charge is 0.0475 e. The monoisotopic (exact) mass is 259 g/mol. The predicted molar refractivity (Wildman–Crippen MR) is 88.4 cm³/mol. The van der Waals surface area contributed by atoms with Crippen LogP contribution in [0.15, 0.2) is 60.9 Å². The van der Waals surface area contributed by atoms with Crippen LogP contribution >= 0.6 is 0 Å². The summed E-state index contributed by atoms with van der Waals surface area (Å²) in [7, 11) is 0. The zero-order chi connectivity index (χ0) is 15.1. The van der Waals surface area contributed by atoms with Gasteiger partial charge in [0, 0.05) is 17.8 Å². The van der Waals surface area contributed by atoms with Gasteiger partial charge in [0.1, 0.15) is 0 Å². The van der Waals surface area contributed by atoms with E-state index in [1.165, 1.54) is 5.57 Å². The van der Waals surface area contributed by atoms with Gasteiger partial charge >= 0.3 is 0 Å². The molecule has 0 radical (unpaired) electrons. The van der Waals surface area contributed by atoms with Crippen LogP contribution in [0.3, 0.4) is 0 Å². The van der Waals surface area contributed by atoms with Crippen molar-refractivity contribution in [3.8, 4) is 0 Å². The van der Waals surface area contributed by atoms with E-state index in [1.54, 1.807) is 0 Å².